The van der Waals surface area contributed by atoms with Gasteiger partial charge in [-0.05, 0) is 36.1 Å². The van der Waals surface area contributed by atoms with Crippen LogP contribution in [-0.2, 0) is 11.2 Å². The average molecular weight is 349 g/mol. The summed E-state index contributed by atoms with van der Waals surface area (Å²) in [5, 5.41) is 2.96. The van der Waals surface area contributed by atoms with Gasteiger partial charge in [0.05, 0.1) is 12.8 Å². The minimum Gasteiger partial charge on any atom is -0.495 e. The number of methoxy groups -OCH3 is 1. The number of anilines is 2. The molecule has 4 nitrogen and oxygen atoms in total. The fraction of sp³-hybridized carbons (Fsp3) is 0.316. The molecule has 5 heteroatoms. The van der Waals surface area contributed by atoms with Crippen molar-refractivity contribution >= 4 is 29.7 Å². The molecule has 24 heavy (non-hydrogen) atoms. The topological polar surface area (TPSA) is 64.3 Å². The summed E-state index contributed by atoms with van der Waals surface area (Å²) < 4.78 is 5.13. The average Bonchev–Trinajstić information content (AvgIpc) is 2.53. The van der Waals surface area contributed by atoms with Crippen LogP contribution in [0.15, 0.2) is 48.5 Å². The molecule has 1 amide bonds. The molecule has 2 aromatic rings. The molecule has 0 bridgehead atoms. The molecular formula is C19H25ClN2O2. The molecular weight excluding hydrogens is 324 g/mol. The third-order valence-electron chi connectivity index (χ3n) is 3.94. The molecule has 130 valence electrons. The highest BCUT2D eigenvalue weighted by Crippen LogP contribution is 2.26. The van der Waals surface area contributed by atoms with Crippen molar-refractivity contribution < 1.29 is 9.53 Å². The van der Waals surface area contributed by atoms with Crippen LogP contribution >= 0.6 is 12.4 Å². The van der Waals surface area contributed by atoms with Crippen LogP contribution in [0.5, 0.6) is 5.75 Å². The number of amides is 1. The van der Waals surface area contributed by atoms with Crippen LogP contribution in [0.2, 0.25) is 0 Å². The highest BCUT2D eigenvalue weighted by atomic mass is 35.5. The third-order valence-corrected chi connectivity index (χ3v) is 3.94. The second-order valence-corrected chi connectivity index (χ2v) is 5.99. The largest absolute Gasteiger partial charge is 0.495 e. The summed E-state index contributed by atoms with van der Waals surface area (Å²) in [5.41, 5.74) is 8.25. The summed E-state index contributed by atoms with van der Waals surface area (Å²) in [7, 11) is 1.57. The lowest BCUT2D eigenvalue weighted by molar-refractivity contribution is -0.121. The van der Waals surface area contributed by atoms with E-state index >= 15 is 0 Å². The Morgan fingerprint density at radius 3 is 2.38 bits per heavy atom. The van der Waals surface area contributed by atoms with Crippen LogP contribution in [0.25, 0.3) is 0 Å². The Kier molecular flexibility index (Phi) is 7.59. The van der Waals surface area contributed by atoms with Crippen LogP contribution < -0.4 is 15.8 Å². The molecule has 0 radical (unpaired) electrons. The second-order valence-electron chi connectivity index (χ2n) is 5.99. The van der Waals surface area contributed by atoms with Gasteiger partial charge in [0, 0.05) is 11.6 Å². The molecule has 1 atom stereocenters. The number of nitrogens with one attached hydrogen (secondary N) is 1. The predicted molar refractivity (Wildman–Crippen MR) is 102 cm³/mol. The van der Waals surface area contributed by atoms with Crippen molar-refractivity contribution in [1.29, 1.82) is 0 Å². The fourth-order valence-corrected chi connectivity index (χ4v) is 2.55. The number of carbonyl (C=O) groups is 1. The van der Waals surface area contributed by atoms with Gasteiger partial charge in [-0.2, -0.15) is 0 Å². The molecule has 0 aliphatic rings. The van der Waals surface area contributed by atoms with Crippen molar-refractivity contribution in [2.45, 2.75) is 20.3 Å². The molecule has 3 N–H and O–H groups in total. The summed E-state index contributed by atoms with van der Waals surface area (Å²) in [6, 6.07) is 15.3. The van der Waals surface area contributed by atoms with E-state index in [2.05, 4.69) is 19.2 Å². The van der Waals surface area contributed by atoms with Gasteiger partial charge in [-0.15, -0.1) is 12.4 Å². The number of benzene rings is 2. The van der Waals surface area contributed by atoms with Crippen molar-refractivity contribution in [2.75, 3.05) is 18.2 Å². The predicted octanol–water partition coefficient (Wildman–Crippen LogP) is 4.15. The Hall–Kier alpha value is -2.20. The standard InChI is InChI=1S/C19H24N2O2.ClH/c1-13(2)16(11-14-7-5-4-6-8-14)19(22)21-15-9-10-18(23-3)17(20)12-15;/h4-10,12-13,16H,11,20H2,1-3H3,(H,21,22);1H. The van der Waals surface area contributed by atoms with Crippen LogP contribution in [0, 0.1) is 11.8 Å². The minimum absolute atomic E-state index is 0. The van der Waals surface area contributed by atoms with E-state index in [9.17, 15) is 4.79 Å². The van der Waals surface area contributed by atoms with Crippen LogP contribution in [-0.4, -0.2) is 13.0 Å². The number of nitrogen functional groups attached to an aromatic ring is 1. The first kappa shape index (κ1) is 19.8. The maximum atomic E-state index is 12.6. The first-order valence-corrected chi connectivity index (χ1v) is 7.79. The molecule has 0 aliphatic carbocycles. The van der Waals surface area contributed by atoms with E-state index in [4.69, 9.17) is 10.5 Å². The maximum absolute atomic E-state index is 12.6. The van der Waals surface area contributed by atoms with E-state index < -0.39 is 0 Å². The van der Waals surface area contributed by atoms with Crippen LogP contribution in [0.3, 0.4) is 0 Å². The van der Waals surface area contributed by atoms with Gasteiger partial charge in [-0.25, -0.2) is 0 Å². The van der Waals surface area contributed by atoms with Crippen molar-refractivity contribution in [3.63, 3.8) is 0 Å². The zero-order chi connectivity index (χ0) is 16.8. The van der Waals surface area contributed by atoms with Crippen molar-refractivity contribution in [1.82, 2.24) is 0 Å². The van der Waals surface area contributed by atoms with Crippen molar-refractivity contribution in [3.05, 3.63) is 54.1 Å². The van der Waals surface area contributed by atoms with E-state index in [1.807, 2.05) is 30.3 Å². The Morgan fingerprint density at radius 2 is 1.83 bits per heavy atom. The zero-order valence-electron chi connectivity index (χ0n) is 14.3. The van der Waals surface area contributed by atoms with E-state index in [-0.39, 0.29) is 30.2 Å². The summed E-state index contributed by atoms with van der Waals surface area (Å²) >= 11 is 0. The summed E-state index contributed by atoms with van der Waals surface area (Å²) in [6.07, 6.45) is 0.718. The van der Waals surface area contributed by atoms with E-state index in [1.54, 1.807) is 25.3 Å². The minimum atomic E-state index is -0.0965. The molecule has 2 aromatic carbocycles. The molecule has 0 heterocycles. The lowest BCUT2D eigenvalue weighted by Gasteiger charge is -2.20. The van der Waals surface area contributed by atoms with Crippen LogP contribution in [0.4, 0.5) is 11.4 Å². The van der Waals surface area contributed by atoms with Crippen LogP contribution in [0.1, 0.15) is 19.4 Å². The van der Waals surface area contributed by atoms with Gasteiger partial charge in [-0.1, -0.05) is 44.2 Å². The number of hydrogen-bond acceptors (Lipinski definition) is 3. The zero-order valence-corrected chi connectivity index (χ0v) is 15.1. The van der Waals surface area contributed by atoms with Gasteiger partial charge >= 0.3 is 0 Å². The molecule has 0 fully saturated rings. The first-order chi connectivity index (χ1) is 11.0. The van der Waals surface area contributed by atoms with Crippen molar-refractivity contribution in [3.8, 4) is 5.75 Å². The van der Waals surface area contributed by atoms with Gasteiger partial charge < -0.3 is 15.8 Å². The maximum Gasteiger partial charge on any atom is 0.228 e. The van der Waals surface area contributed by atoms with E-state index in [1.165, 1.54) is 0 Å². The summed E-state index contributed by atoms with van der Waals surface area (Å²) in [6.45, 7) is 4.13. The number of halogens is 1. The Balaban J connectivity index is 0.00000288. The highest BCUT2D eigenvalue weighted by Gasteiger charge is 2.22. The number of hydrogen-bond donors (Lipinski definition) is 2. The Bertz CT molecular complexity index is 660. The van der Waals surface area contributed by atoms with Crippen molar-refractivity contribution in [2.24, 2.45) is 11.8 Å². The van der Waals surface area contributed by atoms with Gasteiger partial charge in [0.2, 0.25) is 5.91 Å². The quantitative estimate of drug-likeness (QED) is 0.770. The summed E-state index contributed by atoms with van der Waals surface area (Å²) in [4.78, 5) is 12.6. The smallest absolute Gasteiger partial charge is 0.228 e. The molecule has 0 saturated carbocycles. The number of carbonyl (C=O) groups excluding carboxylic acids is 1. The number of rotatable bonds is 6. The highest BCUT2D eigenvalue weighted by molar-refractivity contribution is 5.93. The Morgan fingerprint density at radius 1 is 1.17 bits per heavy atom. The molecule has 0 saturated heterocycles. The third kappa shape index (κ3) is 5.17. The SMILES string of the molecule is COc1ccc(NC(=O)C(Cc2ccccc2)C(C)C)cc1N.Cl. The number of ether oxygens (including phenoxy) is 1. The monoisotopic (exact) mass is 348 g/mol. The van der Waals surface area contributed by atoms with E-state index in [0.717, 1.165) is 12.0 Å². The molecule has 1 unspecified atom stereocenters. The first-order valence-electron chi connectivity index (χ1n) is 7.79. The van der Waals surface area contributed by atoms with E-state index in [0.29, 0.717) is 17.1 Å². The fourth-order valence-electron chi connectivity index (χ4n) is 2.55. The van der Waals surface area contributed by atoms with Gasteiger partial charge in [0.15, 0.2) is 0 Å². The van der Waals surface area contributed by atoms with Gasteiger partial charge in [-0.3, -0.25) is 4.79 Å². The number of nitrogens with two attached hydrogens (primary N) is 1. The lowest BCUT2D eigenvalue weighted by atomic mass is 9.88. The second kappa shape index (κ2) is 9.18. The summed E-state index contributed by atoms with van der Waals surface area (Å²) in [5.74, 6) is 0.757. The molecule has 0 aromatic heterocycles. The molecule has 0 aliphatic heterocycles. The lowest BCUT2D eigenvalue weighted by Crippen LogP contribution is -2.28. The molecule has 0 spiro atoms. The Labute approximate surface area is 149 Å². The normalized spacial score (nSPS) is 11.5. The van der Waals surface area contributed by atoms with Gasteiger partial charge in [0.1, 0.15) is 5.75 Å². The van der Waals surface area contributed by atoms with Gasteiger partial charge in [0.25, 0.3) is 0 Å². The molecule has 2 rings (SSSR count).